The first kappa shape index (κ1) is 10.4. The Balaban J connectivity index is 1.91. The fourth-order valence-corrected chi connectivity index (χ4v) is 4.63. The summed E-state index contributed by atoms with van der Waals surface area (Å²) in [7, 11) is 0. The van der Waals surface area contributed by atoms with Gasteiger partial charge in [0.2, 0.25) is 0 Å². The van der Waals surface area contributed by atoms with Crippen molar-refractivity contribution in [1.82, 2.24) is 0 Å². The van der Waals surface area contributed by atoms with E-state index in [-0.39, 0.29) is 0 Å². The second-order valence-electron chi connectivity index (χ2n) is 6.50. The van der Waals surface area contributed by atoms with Crippen molar-refractivity contribution in [3.63, 3.8) is 0 Å². The highest BCUT2D eigenvalue weighted by Gasteiger charge is 2.33. The molecule has 4 aliphatic rings. The molecule has 3 aromatic carbocycles. The van der Waals surface area contributed by atoms with E-state index in [0.717, 1.165) is 12.8 Å². The number of allylic oxidation sites excluding steroid dienone is 2. The highest BCUT2D eigenvalue weighted by molar-refractivity contribution is 6.08. The van der Waals surface area contributed by atoms with Crippen molar-refractivity contribution in [1.29, 1.82) is 0 Å². The first-order valence-corrected chi connectivity index (χ1v) is 7.78. The molecule has 2 bridgehead atoms. The van der Waals surface area contributed by atoms with Gasteiger partial charge in [0.1, 0.15) is 0 Å². The molecule has 0 saturated heterocycles. The number of hydrogen-bond donors (Lipinski definition) is 0. The maximum absolute atomic E-state index is 2.41. The molecule has 3 aromatic rings. The molecular formula is C21H14. The fraction of sp³-hybridized carbons (Fsp3) is 0.143. The molecule has 4 aliphatic carbocycles. The average molecular weight is 266 g/mol. The van der Waals surface area contributed by atoms with Crippen LogP contribution in [0.15, 0.2) is 54.6 Å². The lowest BCUT2D eigenvalue weighted by Gasteiger charge is -2.35. The lowest BCUT2D eigenvalue weighted by Crippen LogP contribution is -2.17. The van der Waals surface area contributed by atoms with Crippen molar-refractivity contribution in [2.24, 2.45) is 0 Å². The zero-order valence-electron chi connectivity index (χ0n) is 11.7. The van der Waals surface area contributed by atoms with Gasteiger partial charge in [0, 0.05) is 5.92 Å². The summed E-state index contributed by atoms with van der Waals surface area (Å²) in [5, 5.41) is 3.00. The molecule has 0 saturated carbocycles. The van der Waals surface area contributed by atoms with Crippen molar-refractivity contribution < 1.29 is 0 Å². The molecule has 1 atom stereocenters. The Kier molecular flexibility index (Phi) is 1.62. The number of fused-ring (bicyclic) bond motifs is 1. The third kappa shape index (κ3) is 1.07. The van der Waals surface area contributed by atoms with Gasteiger partial charge in [0.25, 0.3) is 0 Å². The molecule has 0 nitrogen and oxygen atoms in total. The molecule has 0 fully saturated rings. The smallest absolute Gasteiger partial charge is 0.0285 e. The molecule has 0 N–H and O–H groups in total. The molecule has 7 rings (SSSR count). The molecule has 0 aliphatic heterocycles. The molecule has 98 valence electrons. The first-order valence-electron chi connectivity index (χ1n) is 7.78. The van der Waals surface area contributed by atoms with Gasteiger partial charge in [-0.1, -0.05) is 54.6 Å². The first-order chi connectivity index (χ1) is 10.4. The number of benzene rings is 3. The van der Waals surface area contributed by atoms with Gasteiger partial charge in [-0.2, -0.15) is 0 Å². The van der Waals surface area contributed by atoms with Gasteiger partial charge in [-0.05, 0) is 62.6 Å². The zero-order chi connectivity index (χ0) is 13.6. The zero-order valence-corrected chi connectivity index (χ0v) is 11.7. The number of rotatable bonds is 0. The summed E-state index contributed by atoms with van der Waals surface area (Å²) in [6, 6.07) is 16.2. The summed E-state index contributed by atoms with van der Waals surface area (Å²) in [6.45, 7) is 0. The lowest BCUT2D eigenvalue weighted by atomic mass is 9.68. The molecule has 0 radical (unpaired) electrons. The maximum Gasteiger partial charge on any atom is 0.0285 e. The van der Waals surface area contributed by atoms with Crippen LogP contribution >= 0.6 is 0 Å². The van der Waals surface area contributed by atoms with Crippen LogP contribution in [0.4, 0.5) is 0 Å². The molecule has 0 spiro atoms. The van der Waals surface area contributed by atoms with Crippen molar-refractivity contribution in [2.45, 2.75) is 18.8 Å². The highest BCUT2D eigenvalue weighted by Crippen LogP contribution is 2.53. The third-order valence-electron chi connectivity index (χ3n) is 5.52. The summed E-state index contributed by atoms with van der Waals surface area (Å²) in [5.41, 5.74) is 10.7. The Morgan fingerprint density at radius 1 is 0.905 bits per heavy atom. The van der Waals surface area contributed by atoms with Gasteiger partial charge in [-0.25, -0.2) is 0 Å². The van der Waals surface area contributed by atoms with Gasteiger partial charge in [0.15, 0.2) is 0 Å². The van der Waals surface area contributed by atoms with Crippen LogP contribution < -0.4 is 0 Å². The topological polar surface area (TPSA) is 0 Å². The fourth-order valence-electron chi connectivity index (χ4n) is 4.63. The predicted molar refractivity (Wildman–Crippen MR) is 86.9 cm³/mol. The van der Waals surface area contributed by atoms with Crippen LogP contribution in [0, 0.1) is 0 Å². The Morgan fingerprint density at radius 2 is 1.81 bits per heavy atom. The van der Waals surface area contributed by atoms with Gasteiger partial charge in [0.05, 0.1) is 0 Å². The highest BCUT2D eigenvalue weighted by atomic mass is 14.4. The quantitative estimate of drug-likeness (QED) is 0.394. The average Bonchev–Trinajstić information content (AvgIpc) is 2.50. The molecule has 21 heavy (non-hydrogen) atoms. The Bertz CT molecular complexity index is 989. The summed E-state index contributed by atoms with van der Waals surface area (Å²) < 4.78 is 0. The van der Waals surface area contributed by atoms with Crippen molar-refractivity contribution in [3.8, 4) is 11.1 Å². The second kappa shape index (κ2) is 3.28. The van der Waals surface area contributed by atoms with Crippen molar-refractivity contribution in [2.75, 3.05) is 0 Å². The van der Waals surface area contributed by atoms with Crippen LogP contribution in [0.5, 0.6) is 0 Å². The van der Waals surface area contributed by atoms with E-state index in [1.807, 2.05) is 0 Å². The van der Waals surface area contributed by atoms with Crippen LogP contribution in [-0.2, 0) is 12.8 Å². The molecular weight excluding hydrogens is 252 g/mol. The van der Waals surface area contributed by atoms with Crippen LogP contribution in [0.1, 0.15) is 33.7 Å². The van der Waals surface area contributed by atoms with Crippen molar-refractivity contribution >= 4 is 10.8 Å². The van der Waals surface area contributed by atoms with E-state index in [4.69, 9.17) is 0 Å². The van der Waals surface area contributed by atoms with Crippen molar-refractivity contribution in [3.05, 3.63) is 82.4 Å². The number of hydrogen-bond acceptors (Lipinski definition) is 0. The SMILES string of the molecule is C1=CC2c3c(cccc3-c3c4cc(c5cccc2c35)C4)C1. The summed E-state index contributed by atoms with van der Waals surface area (Å²) in [4.78, 5) is 0. The van der Waals surface area contributed by atoms with E-state index < -0.39 is 0 Å². The monoisotopic (exact) mass is 266 g/mol. The molecule has 0 aromatic heterocycles. The summed E-state index contributed by atoms with van der Waals surface area (Å²) in [5.74, 6) is 0.461. The molecule has 0 heterocycles. The van der Waals surface area contributed by atoms with E-state index >= 15 is 0 Å². The van der Waals surface area contributed by atoms with Crippen LogP contribution in [0.2, 0.25) is 0 Å². The van der Waals surface area contributed by atoms with Crippen LogP contribution in [0.3, 0.4) is 0 Å². The lowest BCUT2D eigenvalue weighted by molar-refractivity contribution is 0.951. The Hall–Kier alpha value is -2.34. The van der Waals surface area contributed by atoms with E-state index in [0.29, 0.717) is 5.92 Å². The minimum absolute atomic E-state index is 0.461. The van der Waals surface area contributed by atoms with Crippen LogP contribution in [0.25, 0.3) is 21.9 Å². The van der Waals surface area contributed by atoms with Crippen LogP contribution in [-0.4, -0.2) is 0 Å². The van der Waals surface area contributed by atoms with E-state index in [1.54, 1.807) is 11.1 Å². The second-order valence-corrected chi connectivity index (χ2v) is 6.50. The minimum atomic E-state index is 0.461. The van der Waals surface area contributed by atoms with E-state index in [1.165, 1.54) is 38.6 Å². The third-order valence-corrected chi connectivity index (χ3v) is 5.52. The standard InChI is InChI=1S/C21H14/c1-4-12-5-2-9-18-19(12)16(7-1)17-8-3-6-15-13-10-14(11-13)20(18)21(15)17/h1-3,5-10,16H,4,11H2. The Morgan fingerprint density at radius 3 is 2.76 bits per heavy atom. The Labute approximate surface area is 123 Å². The van der Waals surface area contributed by atoms with Gasteiger partial charge < -0.3 is 0 Å². The maximum atomic E-state index is 2.41. The minimum Gasteiger partial charge on any atom is -0.0832 e. The summed E-state index contributed by atoms with van der Waals surface area (Å²) in [6.07, 6.45) is 7.00. The van der Waals surface area contributed by atoms with E-state index in [9.17, 15) is 0 Å². The van der Waals surface area contributed by atoms with Gasteiger partial charge in [-0.15, -0.1) is 0 Å². The van der Waals surface area contributed by atoms with E-state index in [2.05, 4.69) is 54.6 Å². The molecule has 0 heteroatoms. The normalized spacial score (nSPS) is 19.3. The predicted octanol–water partition coefficient (Wildman–Crippen LogP) is 4.97. The molecule has 1 unspecified atom stereocenters. The van der Waals surface area contributed by atoms with Gasteiger partial charge in [-0.3, -0.25) is 0 Å². The van der Waals surface area contributed by atoms with Gasteiger partial charge >= 0.3 is 0 Å². The largest absolute Gasteiger partial charge is 0.0832 e. The summed E-state index contributed by atoms with van der Waals surface area (Å²) >= 11 is 0. The molecule has 0 amide bonds.